The van der Waals surface area contributed by atoms with Gasteiger partial charge in [0.05, 0.1) is 22.5 Å². The summed E-state index contributed by atoms with van der Waals surface area (Å²) in [6.45, 7) is -0.971. The van der Waals surface area contributed by atoms with Crippen LogP contribution in [0.2, 0.25) is 10.0 Å². The van der Waals surface area contributed by atoms with E-state index in [1.165, 1.54) is 4.90 Å². The molecule has 7 nitrogen and oxygen atoms in total. The monoisotopic (exact) mass is 669 g/mol. The Bertz CT molecular complexity index is 1580. The van der Waals surface area contributed by atoms with E-state index in [-0.39, 0.29) is 19.0 Å². The molecule has 1 atom stereocenters. The number of hydrogen-bond acceptors (Lipinski definition) is 4. The van der Waals surface area contributed by atoms with Crippen LogP contribution in [0.1, 0.15) is 42.4 Å². The highest BCUT2D eigenvalue weighted by Gasteiger charge is 2.37. The van der Waals surface area contributed by atoms with Gasteiger partial charge >= 0.3 is 6.18 Å². The van der Waals surface area contributed by atoms with Crippen molar-refractivity contribution in [2.24, 2.45) is 0 Å². The molecule has 0 aromatic heterocycles. The fourth-order valence-electron chi connectivity index (χ4n) is 5.25. The average Bonchev–Trinajstić information content (AvgIpc) is 3.46. The van der Waals surface area contributed by atoms with Gasteiger partial charge in [-0.1, -0.05) is 78.5 Å². The third-order valence-electron chi connectivity index (χ3n) is 7.44. The van der Waals surface area contributed by atoms with Crippen molar-refractivity contribution >= 4 is 50.7 Å². The first-order valence-electron chi connectivity index (χ1n) is 13.9. The number of amides is 2. The zero-order chi connectivity index (χ0) is 32.1. The molecule has 0 bridgehead atoms. The summed E-state index contributed by atoms with van der Waals surface area (Å²) in [5, 5.41) is 2.82. The number of nitrogens with one attached hydrogen (secondary N) is 1. The fraction of sp³-hybridized carbons (Fsp3) is 0.355. The van der Waals surface area contributed by atoms with E-state index in [9.17, 15) is 31.2 Å². The Morgan fingerprint density at radius 1 is 0.955 bits per heavy atom. The maximum atomic E-state index is 14.1. The van der Waals surface area contributed by atoms with Gasteiger partial charge in [-0.25, -0.2) is 8.42 Å². The number of nitrogens with zero attached hydrogens (tertiary/aromatic N) is 2. The number of benzene rings is 3. The zero-order valence-electron chi connectivity index (χ0n) is 23.9. The van der Waals surface area contributed by atoms with E-state index in [0.29, 0.717) is 21.0 Å². The van der Waals surface area contributed by atoms with Crippen LogP contribution in [0.25, 0.3) is 0 Å². The highest BCUT2D eigenvalue weighted by atomic mass is 35.5. The SMILES string of the molecule is CS(=O)(=O)N(CC(=O)N(Cc1cccc(Cl)c1)[C@H](Cc1ccccc1)C(=O)NC1CCCC1)c1ccc(Cl)c(C(F)(F)F)c1. The van der Waals surface area contributed by atoms with Crippen molar-refractivity contribution in [1.29, 1.82) is 0 Å². The molecule has 1 aliphatic carbocycles. The maximum Gasteiger partial charge on any atom is 0.417 e. The van der Waals surface area contributed by atoms with Crippen molar-refractivity contribution in [3.05, 3.63) is 99.5 Å². The standard InChI is InChI=1S/C31H32Cl2F3N3O4S/c1-44(42,43)39(25-14-15-27(33)26(18-25)31(34,35)36)20-29(40)38(19-22-10-7-11-23(32)16-22)28(17-21-8-3-2-4-9-21)30(41)37-24-12-5-6-13-24/h2-4,7-11,14-16,18,24,28H,5-6,12-13,17,19-20H2,1H3,(H,37,41)/t28-/m1/s1. The predicted molar refractivity (Wildman–Crippen MR) is 165 cm³/mol. The van der Waals surface area contributed by atoms with Gasteiger partial charge in [-0.2, -0.15) is 13.2 Å². The highest BCUT2D eigenvalue weighted by Crippen LogP contribution is 2.37. The van der Waals surface area contributed by atoms with Gasteiger partial charge in [0, 0.05) is 24.0 Å². The van der Waals surface area contributed by atoms with E-state index >= 15 is 0 Å². The molecule has 1 N–H and O–H groups in total. The Kier molecular flexibility index (Phi) is 10.9. The van der Waals surface area contributed by atoms with E-state index in [0.717, 1.165) is 49.6 Å². The molecule has 0 spiro atoms. The molecule has 1 aliphatic rings. The Morgan fingerprint density at radius 2 is 1.61 bits per heavy atom. The molecule has 4 rings (SSSR count). The van der Waals surface area contributed by atoms with Crippen LogP contribution in [0.5, 0.6) is 0 Å². The van der Waals surface area contributed by atoms with E-state index in [1.807, 2.05) is 18.2 Å². The minimum atomic E-state index is -4.86. The molecule has 0 aliphatic heterocycles. The first kappa shape index (κ1) is 33.6. The molecule has 13 heteroatoms. The molecular weight excluding hydrogens is 638 g/mol. The van der Waals surface area contributed by atoms with Crippen molar-refractivity contribution in [2.45, 2.75) is 56.9 Å². The van der Waals surface area contributed by atoms with Crippen LogP contribution in [0.4, 0.5) is 18.9 Å². The number of sulfonamides is 1. The largest absolute Gasteiger partial charge is 0.417 e. The Hall–Kier alpha value is -3.28. The van der Waals surface area contributed by atoms with Gasteiger partial charge in [-0.15, -0.1) is 0 Å². The number of alkyl halides is 3. The second-order valence-electron chi connectivity index (χ2n) is 10.8. The van der Waals surface area contributed by atoms with E-state index in [1.54, 1.807) is 36.4 Å². The Morgan fingerprint density at radius 3 is 2.23 bits per heavy atom. The van der Waals surface area contributed by atoms with Crippen molar-refractivity contribution in [2.75, 3.05) is 17.1 Å². The molecular formula is C31H32Cl2F3N3O4S. The predicted octanol–water partition coefficient (Wildman–Crippen LogP) is 6.48. The van der Waals surface area contributed by atoms with E-state index in [2.05, 4.69) is 5.32 Å². The molecule has 2 amide bonds. The number of carbonyl (C=O) groups is 2. The minimum Gasteiger partial charge on any atom is -0.352 e. The van der Waals surface area contributed by atoms with E-state index < -0.39 is 56.9 Å². The molecule has 44 heavy (non-hydrogen) atoms. The fourth-order valence-corrected chi connectivity index (χ4v) is 6.53. The highest BCUT2D eigenvalue weighted by molar-refractivity contribution is 7.92. The average molecular weight is 671 g/mol. The molecule has 3 aromatic rings. The second-order valence-corrected chi connectivity index (χ2v) is 13.5. The summed E-state index contributed by atoms with van der Waals surface area (Å²) >= 11 is 12.0. The third-order valence-corrected chi connectivity index (χ3v) is 9.14. The number of hydrogen-bond donors (Lipinski definition) is 1. The van der Waals surface area contributed by atoms with Gasteiger partial charge in [0.25, 0.3) is 0 Å². The smallest absolute Gasteiger partial charge is 0.352 e. The van der Waals surface area contributed by atoms with Crippen molar-refractivity contribution in [1.82, 2.24) is 10.2 Å². The first-order chi connectivity index (χ1) is 20.7. The van der Waals surface area contributed by atoms with Crippen LogP contribution in [-0.2, 0) is 38.8 Å². The lowest BCUT2D eigenvalue weighted by molar-refractivity contribution is -0.140. The molecule has 3 aromatic carbocycles. The van der Waals surface area contributed by atoms with Crippen molar-refractivity contribution in [3.63, 3.8) is 0 Å². The molecule has 1 fully saturated rings. The maximum absolute atomic E-state index is 14.1. The van der Waals surface area contributed by atoms with Crippen molar-refractivity contribution in [3.8, 4) is 0 Å². The molecule has 0 saturated heterocycles. The molecule has 1 saturated carbocycles. The number of rotatable bonds is 11. The summed E-state index contributed by atoms with van der Waals surface area (Å²) < 4.78 is 67.3. The molecule has 0 radical (unpaired) electrons. The summed E-state index contributed by atoms with van der Waals surface area (Å²) in [5.41, 5.74) is -0.300. The number of halogens is 5. The van der Waals surface area contributed by atoms with Crippen LogP contribution in [0.15, 0.2) is 72.8 Å². The molecule has 0 heterocycles. The van der Waals surface area contributed by atoms with Gasteiger partial charge in [0.2, 0.25) is 21.8 Å². The topological polar surface area (TPSA) is 86.8 Å². The number of anilines is 1. The summed E-state index contributed by atoms with van der Waals surface area (Å²) in [6, 6.07) is 17.2. The lowest BCUT2D eigenvalue weighted by Crippen LogP contribution is -2.54. The summed E-state index contributed by atoms with van der Waals surface area (Å²) in [5.74, 6) is -1.20. The molecule has 0 unspecified atom stereocenters. The Labute approximate surface area is 265 Å². The lowest BCUT2D eigenvalue weighted by Gasteiger charge is -2.34. The quantitative estimate of drug-likeness (QED) is 0.253. The summed E-state index contributed by atoms with van der Waals surface area (Å²) in [4.78, 5) is 29.3. The van der Waals surface area contributed by atoms with Gasteiger partial charge < -0.3 is 10.2 Å². The van der Waals surface area contributed by atoms with Gasteiger partial charge in [-0.3, -0.25) is 13.9 Å². The third kappa shape index (κ3) is 8.89. The van der Waals surface area contributed by atoms with Crippen LogP contribution in [0.3, 0.4) is 0 Å². The first-order valence-corrected chi connectivity index (χ1v) is 16.6. The van der Waals surface area contributed by atoms with Crippen molar-refractivity contribution < 1.29 is 31.2 Å². The summed E-state index contributed by atoms with van der Waals surface area (Å²) in [6.07, 6.45) is -0.439. The second kappa shape index (κ2) is 14.2. The Balaban J connectivity index is 1.76. The van der Waals surface area contributed by atoms with Gasteiger partial charge in [0.1, 0.15) is 12.6 Å². The number of carbonyl (C=O) groups excluding carboxylic acids is 2. The van der Waals surface area contributed by atoms with Crippen LogP contribution in [0, 0.1) is 0 Å². The zero-order valence-corrected chi connectivity index (χ0v) is 26.2. The van der Waals surface area contributed by atoms with Crippen LogP contribution in [-0.4, -0.2) is 50.0 Å². The van der Waals surface area contributed by atoms with Gasteiger partial charge in [0.15, 0.2) is 0 Å². The molecule has 236 valence electrons. The summed E-state index contributed by atoms with van der Waals surface area (Å²) in [7, 11) is -4.27. The van der Waals surface area contributed by atoms with Crippen LogP contribution >= 0.6 is 23.2 Å². The minimum absolute atomic E-state index is 0.0636. The lowest BCUT2D eigenvalue weighted by atomic mass is 10.0. The normalized spacial score (nSPS) is 14.7. The van der Waals surface area contributed by atoms with Gasteiger partial charge in [-0.05, 0) is 54.3 Å². The van der Waals surface area contributed by atoms with Crippen LogP contribution < -0.4 is 9.62 Å². The van der Waals surface area contributed by atoms with E-state index in [4.69, 9.17) is 23.2 Å².